The zero-order valence-corrected chi connectivity index (χ0v) is 14.7. The van der Waals surface area contributed by atoms with Crippen molar-refractivity contribution in [3.63, 3.8) is 0 Å². The minimum atomic E-state index is 0.220. The topological polar surface area (TPSA) is 21.3 Å². The van der Waals surface area contributed by atoms with Crippen LogP contribution in [0.15, 0.2) is 51.4 Å². The van der Waals surface area contributed by atoms with E-state index in [9.17, 15) is 0 Å². The van der Waals surface area contributed by atoms with E-state index in [0.29, 0.717) is 6.61 Å². The summed E-state index contributed by atoms with van der Waals surface area (Å²) in [5, 5.41) is 3.55. The smallest absolute Gasteiger partial charge is 0.0744 e. The maximum Gasteiger partial charge on any atom is 0.0744 e. The molecule has 2 rings (SSSR count). The highest BCUT2D eigenvalue weighted by atomic mass is 79.9. The highest BCUT2D eigenvalue weighted by Gasteiger charge is 2.10. The van der Waals surface area contributed by atoms with Crippen LogP contribution in [0.1, 0.15) is 24.1 Å². The molecule has 2 aromatic rings. The Morgan fingerprint density at radius 1 is 1.15 bits per heavy atom. The van der Waals surface area contributed by atoms with Crippen LogP contribution in [0.3, 0.4) is 0 Å². The van der Waals surface area contributed by atoms with Gasteiger partial charge in [0, 0.05) is 33.3 Å². The Morgan fingerprint density at radius 2 is 1.90 bits per heavy atom. The Kier molecular flexibility index (Phi) is 5.64. The van der Waals surface area contributed by atoms with Crippen molar-refractivity contribution in [1.82, 2.24) is 0 Å². The molecular formula is C16H17Br2NO. The van der Waals surface area contributed by atoms with Gasteiger partial charge in [0.1, 0.15) is 0 Å². The van der Waals surface area contributed by atoms with Gasteiger partial charge in [-0.25, -0.2) is 0 Å². The maximum absolute atomic E-state index is 5.28. The number of ether oxygens (including phenoxy) is 1. The van der Waals surface area contributed by atoms with Gasteiger partial charge in [-0.2, -0.15) is 0 Å². The summed E-state index contributed by atoms with van der Waals surface area (Å²) in [5.41, 5.74) is 3.47. The predicted molar refractivity (Wildman–Crippen MR) is 91.0 cm³/mol. The Hall–Kier alpha value is -0.840. The van der Waals surface area contributed by atoms with Gasteiger partial charge >= 0.3 is 0 Å². The lowest BCUT2D eigenvalue weighted by Gasteiger charge is -2.19. The highest BCUT2D eigenvalue weighted by molar-refractivity contribution is 9.10. The number of nitrogens with one attached hydrogen (secondary N) is 1. The van der Waals surface area contributed by atoms with Crippen LogP contribution in [0.25, 0.3) is 0 Å². The summed E-state index contributed by atoms with van der Waals surface area (Å²) in [4.78, 5) is 0. The molecule has 0 amide bonds. The van der Waals surface area contributed by atoms with Gasteiger partial charge < -0.3 is 10.1 Å². The second-order valence-electron chi connectivity index (χ2n) is 4.62. The number of hydrogen-bond acceptors (Lipinski definition) is 2. The summed E-state index contributed by atoms with van der Waals surface area (Å²) in [6.07, 6.45) is 0. The van der Waals surface area contributed by atoms with Crippen molar-refractivity contribution in [2.45, 2.75) is 19.6 Å². The zero-order chi connectivity index (χ0) is 14.5. The lowest BCUT2D eigenvalue weighted by Crippen LogP contribution is -2.09. The molecule has 0 aromatic heterocycles. The van der Waals surface area contributed by atoms with E-state index >= 15 is 0 Å². The summed E-state index contributed by atoms with van der Waals surface area (Å²) >= 11 is 7.09. The maximum atomic E-state index is 5.28. The summed E-state index contributed by atoms with van der Waals surface area (Å²) < 4.78 is 7.43. The first-order valence-corrected chi connectivity index (χ1v) is 7.98. The molecule has 0 bridgehead atoms. The average Bonchev–Trinajstić information content (AvgIpc) is 2.42. The molecule has 1 N–H and O–H groups in total. The van der Waals surface area contributed by atoms with Gasteiger partial charge in [-0.1, -0.05) is 50.1 Å². The monoisotopic (exact) mass is 397 g/mol. The van der Waals surface area contributed by atoms with Crippen LogP contribution in [-0.4, -0.2) is 7.11 Å². The molecule has 0 radical (unpaired) electrons. The molecule has 1 unspecified atom stereocenters. The van der Waals surface area contributed by atoms with Crippen LogP contribution in [-0.2, 0) is 11.3 Å². The van der Waals surface area contributed by atoms with E-state index in [4.69, 9.17) is 4.74 Å². The molecule has 20 heavy (non-hydrogen) atoms. The fraction of sp³-hybridized carbons (Fsp3) is 0.250. The first-order chi connectivity index (χ1) is 9.61. The molecular weight excluding hydrogens is 382 g/mol. The van der Waals surface area contributed by atoms with E-state index in [2.05, 4.69) is 68.4 Å². The Morgan fingerprint density at radius 3 is 2.60 bits per heavy atom. The van der Waals surface area contributed by atoms with Crippen molar-refractivity contribution in [1.29, 1.82) is 0 Å². The van der Waals surface area contributed by atoms with Crippen LogP contribution < -0.4 is 5.32 Å². The van der Waals surface area contributed by atoms with E-state index in [1.54, 1.807) is 7.11 Å². The van der Waals surface area contributed by atoms with Crippen molar-refractivity contribution >= 4 is 37.5 Å². The van der Waals surface area contributed by atoms with Gasteiger partial charge in [0.15, 0.2) is 0 Å². The molecule has 0 aliphatic carbocycles. The van der Waals surface area contributed by atoms with Crippen molar-refractivity contribution in [2.75, 3.05) is 12.4 Å². The molecule has 0 heterocycles. The predicted octanol–water partition coefficient (Wildman–Crippen LogP) is 5.53. The summed E-state index contributed by atoms with van der Waals surface area (Å²) in [6.45, 7) is 2.73. The molecule has 106 valence electrons. The molecule has 1 atom stereocenters. The summed E-state index contributed by atoms with van der Waals surface area (Å²) in [5.74, 6) is 0. The average molecular weight is 399 g/mol. The van der Waals surface area contributed by atoms with Gasteiger partial charge in [0.2, 0.25) is 0 Å². The molecule has 0 aliphatic heterocycles. The number of halogens is 2. The third kappa shape index (κ3) is 3.84. The normalized spacial score (nSPS) is 12.2. The number of hydrogen-bond donors (Lipinski definition) is 1. The van der Waals surface area contributed by atoms with Crippen LogP contribution in [0.2, 0.25) is 0 Å². The molecule has 2 aromatic carbocycles. The fourth-order valence-electron chi connectivity index (χ4n) is 2.08. The van der Waals surface area contributed by atoms with E-state index in [1.165, 1.54) is 5.56 Å². The Balaban J connectivity index is 2.23. The first kappa shape index (κ1) is 15.5. The molecule has 4 heteroatoms. The van der Waals surface area contributed by atoms with Gasteiger partial charge in [-0.05, 0) is 36.8 Å². The standard InChI is InChI=1S/C16H17Br2NO/c1-11(12-5-3-6-13(17)9-12)19-16-8-4-7-15(18)14(16)10-20-2/h3-9,11,19H,10H2,1-2H3. The molecule has 0 saturated heterocycles. The van der Waals surface area contributed by atoms with E-state index < -0.39 is 0 Å². The van der Waals surface area contributed by atoms with Gasteiger partial charge in [0.25, 0.3) is 0 Å². The number of rotatable bonds is 5. The molecule has 0 saturated carbocycles. The van der Waals surface area contributed by atoms with Gasteiger partial charge in [-0.15, -0.1) is 0 Å². The number of benzene rings is 2. The van der Waals surface area contributed by atoms with Crippen molar-refractivity contribution in [3.8, 4) is 0 Å². The zero-order valence-electron chi connectivity index (χ0n) is 11.5. The van der Waals surface area contributed by atoms with Crippen LogP contribution in [0, 0.1) is 0 Å². The largest absolute Gasteiger partial charge is 0.380 e. The molecule has 0 fully saturated rings. The summed E-state index contributed by atoms with van der Waals surface area (Å²) in [7, 11) is 1.71. The van der Waals surface area contributed by atoms with Crippen LogP contribution >= 0.6 is 31.9 Å². The molecule has 0 spiro atoms. The quantitative estimate of drug-likeness (QED) is 0.714. The second kappa shape index (κ2) is 7.25. The first-order valence-electron chi connectivity index (χ1n) is 6.40. The lowest BCUT2D eigenvalue weighted by atomic mass is 10.1. The third-order valence-electron chi connectivity index (χ3n) is 3.13. The fourth-order valence-corrected chi connectivity index (χ4v) is 2.98. The molecule has 0 aliphatic rings. The minimum Gasteiger partial charge on any atom is -0.380 e. The van der Waals surface area contributed by atoms with Crippen LogP contribution in [0.5, 0.6) is 0 Å². The van der Waals surface area contributed by atoms with E-state index in [0.717, 1.165) is 20.2 Å². The van der Waals surface area contributed by atoms with Crippen molar-refractivity contribution in [3.05, 3.63) is 62.5 Å². The Bertz CT molecular complexity index is 586. The molecule has 2 nitrogen and oxygen atoms in total. The summed E-state index contributed by atoms with van der Waals surface area (Å²) in [6, 6.07) is 14.7. The number of anilines is 1. The van der Waals surface area contributed by atoms with E-state index in [-0.39, 0.29) is 6.04 Å². The third-order valence-corrected chi connectivity index (χ3v) is 4.36. The Labute approximate surface area is 136 Å². The van der Waals surface area contributed by atoms with Gasteiger partial charge in [-0.3, -0.25) is 0 Å². The highest BCUT2D eigenvalue weighted by Crippen LogP contribution is 2.29. The minimum absolute atomic E-state index is 0.220. The van der Waals surface area contributed by atoms with Crippen LogP contribution in [0.4, 0.5) is 5.69 Å². The van der Waals surface area contributed by atoms with E-state index in [1.807, 2.05) is 18.2 Å². The van der Waals surface area contributed by atoms with Crippen molar-refractivity contribution in [2.24, 2.45) is 0 Å². The lowest BCUT2D eigenvalue weighted by molar-refractivity contribution is 0.185. The number of methoxy groups -OCH3 is 1. The SMILES string of the molecule is COCc1c(Br)cccc1NC(C)c1cccc(Br)c1. The van der Waals surface area contributed by atoms with Crippen molar-refractivity contribution < 1.29 is 4.74 Å². The second-order valence-corrected chi connectivity index (χ2v) is 6.39. The van der Waals surface area contributed by atoms with Gasteiger partial charge in [0.05, 0.1) is 6.61 Å².